The summed E-state index contributed by atoms with van der Waals surface area (Å²) in [4.78, 5) is 36.8. The second-order valence-electron chi connectivity index (χ2n) is 14.5. The van der Waals surface area contributed by atoms with Crippen molar-refractivity contribution in [3.63, 3.8) is 0 Å². The van der Waals surface area contributed by atoms with Crippen LogP contribution in [-0.2, 0) is 23.9 Å². The number of hydrogen-bond acceptors (Lipinski definition) is 8. The van der Waals surface area contributed by atoms with Crippen LogP contribution in [0.3, 0.4) is 0 Å². The number of Topliss-reactive ketones (excluding diaryl/α,β-unsaturated/α-hetero) is 1. The van der Waals surface area contributed by atoms with Crippen molar-refractivity contribution in [1.82, 2.24) is 0 Å². The van der Waals surface area contributed by atoms with Crippen molar-refractivity contribution >= 4 is 17.7 Å². The number of aliphatic hydroxyl groups is 3. The molecule has 50 heavy (non-hydrogen) atoms. The molecule has 0 bridgehead atoms. The maximum absolute atomic E-state index is 12.4. The maximum atomic E-state index is 12.4. The smallest absolute Gasteiger partial charge is 0.306 e. The van der Waals surface area contributed by atoms with Gasteiger partial charge in [0.25, 0.3) is 0 Å². The number of ketones is 1. The molecule has 8 nitrogen and oxygen atoms in total. The predicted octanol–water partition coefficient (Wildman–Crippen LogP) is 9.27. The number of rotatable bonds is 33. The molecule has 5 atom stereocenters. The topological polar surface area (TPSA) is 130 Å². The fraction of sp³-hybridized carbons (Fsp3) is 0.833. The average molecular weight is 707 g/mol. The molecule has 0 aromatic rings. The Morgan fingerprint density at radius 2 is 1.30 bits per heavy atom. The summed E-state index contributed by atoms with van der Waals surface area (Å²) in [5, 5.41) is 30.2. The Morgan fingerprint density at radius 1 is 0.760 bits per heavy atom. The molecule has 1 fully saturated rings. The van der Waals surface area contributed by atoms with Crippen LogP contribution < -0.4 is 0 Å². The van der Waals surface area contributed by atoms with Gasteiger partial charge in [-0.15, -0.1) is 0 Å². The van der Waals surface area contributed by atoms with Crippen molar-refractivity contribution in [3.8, 4) is 0 Å². The molecular formula is C42H74O8. The van der Waals surface area contributed by atoms with Crippen molar-refractivity contribution in [2.24, 2.45) is 11.8 Å². The fourth-order valence-electron chi connectivity index (χ4n) is 6.65. The number of ether oxygens (including phenoxy) is 2. The summed E-state index contributed by atoms with van der Waals surface area (Å²) in [7, 11) is 0. The van der Waals surface area contributed by atoms with Gasteiger partial charge in [-0.1, -0.05) is 154 Å². The third-order valence-corrected chi connectivity index (χ3v) is 9.87. The summed E-state index contributed by atoms with van der Waals surface area (Å²) in [6, 6.07) is 0. The van der Waals surface area contributed by atoms with E-state index in [9.17, 15) is 29.7 Å². The molecule has 0 heterocycles. The molecule has 1 saturated carbocycles. The molecule has 0 saturated heterocycles. The van der Waals surface area contributed by atoms with E-state index in [1.54, 1.807) is 12.2 Å². The van der Waals surface area contributed by atoms with Crippen LogP contribution >= 0.6 is 0 Å². The zero-order chi connectivity index (χ0) is 36.7. The van der Waals surface area contributed by atoms with Gasteiger partial charge in [0.05, 0.1) is 18.8 Å². The highest BCUT2D eigenvalue weighted by Crippen LogP contribution is 2.33. The summed E-state index contributed by atoms with van der Waals surface area (Å²) in [6.45, 7) is 3.82. The highest BCUT2D eigenvalue weighted by Gasteiger charge is 2.39. The van der Waals surface area contributed by atoms with Gasteiger partial charge in [0.1, 0.15) is 12.4 Å². The van der Waals surface area contributed by atoms with Crippen LogP contribution in [0.25, 0.3) is 0 Å². The van der Waals surface area contributed by atoms with Gasteiger partial charge in [0.2, 0.25) is 0 Å². The van der Waals surface area contributed by atoms with Crippen molar-refractivity contribution in [3.05, 3.63) is 24.3 Å². The normalized spacial score (nSPS) is 19.1. The lowest BCUT2D eigenvalue weighted by Crippen LogP contribution is -2.28. The van der Waals surface area contributed by atoms with Crippen molar-refractivity contribution in [2.75, 3.05) is 13.2 Å². The summed E-state index contributed by atoms with van der Waals surface area (Å²) < 4.78 is 10.6. The van der Waals surface area contributed by atoms with Gasteiger partial charge in [0, 0.05) is 31.1 Å². The maximum Gasteiger partial charge on any atom is 0.306 e. The first-order chi connectivity index (χ1) is 24.3. The van der Waals surface area contributed by atoms with Gasteiger partial charge in [-0.2, -0.15) is 0 Å². The molecule has 0 aliphatic heterocycles. The van der Waals surface area contributed by atoms with E-state index in [-0.39, 0.29) is 37.1 Å². The number of carbonyl (C=O) groups excluding carboxylic acids is 3. The second-order valence-corrected chi connectivity index (χ2v) is 14.5. The number of unbranched alkanes of at least 4 members (excludes halogenated alkanes) is 18. The fourth-order valence-corrected chi connectivity index (χ4v) is 6.65. The van der Waals surface area contributed by atoms with E-state index in [0.717, 1.165) is 38.5 Å². The minimum atomic E-state index is -0.871. The Morgan fingerprint density at radius 3 is 1.88 bits per heavy atom. The Balaban J connectivity index is 2.10. The molecule has 8 heteroatoms. The van der Waals surface area contributed by atoms with E-state index in [0.29, 0.717) is 32.1 Å². The van der Waals surface area contributed by atoms with Gasteiger partial charge >= 0.3 is 11.9 Å². The minimum Gasteiger partial charge on any atom is -0.462 e. The summed E-state index contributed by atoms with van der Waals surface area (Å²) in [6.07, 6.45) is 31.7. The summed E-state index contributed by atoms with van der Waals surface area (Å²) in [5.74, 6) is -1.40. The van der Waals surface area contributed by atoms with Gasteiger partial charge in [0.15, 0.2) is 6.10 Å². The quantitative estimate of drug-likeness (QED) is 0.0350. The van der Waals surface area contributed by atoms with Crippen molar-refractivity contribution in [1.29, 1.82) is 0 Å². The van der Waals surface area contributed by atoms with Gasteiger partial charge in [-0.3, -0.25) is 14.4 Å². The predicted molar refractivity (Wildman–Crippen MR) is 202 cm³/mol. The average Bonchev–Trinajstić information content (AvgIpc) is 3.37. The highest BCUT2D eigenvalue weighted by atomic mass is 16.6. The van der Waals surface area contributed by atoms with Crippen LogP contribution in [-0.4, -0.2) is 64.6 Å². The molecule has 1 aliphatic carbocycles. The van der Waals surface area contributed by atoms with Crippen LogP contribution in [0.5, 0.6) is 0 Å². The minimum absolute atomic E-state index is 0.00000898. The number of allylic oxidation sites excluding steroid dienone is 3. The second kappa shape index (κ2) is 31.7. The molecule has 0 spiro atoms. The third kappa shape index (κ3) is 24.2. The molecule has 290 valence electrons. The molecular weight excluding hydrogens is 632 g/mol. The molecule has 1 aliphatic rings. The Kier molecular flexibility index (Phi) is 29.1. The Bertz CT molecular complexity index is 915. The van der Waals surface area contributed by atoms with E-state index in [2.05, 4.69) is 13.8 Å². The zero-order valence-corrected chi connectivity index (χ0v) is 31.9. The Labute approximate surface area is 304 Å². The molecule has 0 unspecified atom stereocenters. The van der Waals surface area contributed by atoms with Gasteiger partial charge in [-0.25, -0.2) is 0 Å². The van der Waals surface area contributed by atoms with Crippen LogP contribution in [0.2, 0.25) is 0 Å². The van der Waals surface area contributed by atoms with Gasteiger partial charge < -0.3 is 24.8 Å². The third-order valence-electron chi connectivity index (χ3n) is 9.87. The number of hydrogen-bond donors (Lipinski definition) is 3. The van der Waals surface area contributed by atoms with Crippen LogP contribution in [0.15, 0.2) is 24.3 Å². The van der Waals surface area contributed by atoms with Crippen LogP contribution in [0.4, 0.5) is 0 Å². The standard InChI is InChI=1S/C42H74O8/c1-3-5-7-8-9-10-11-12-13-14-15-16-17-18-19-24-28-41(47)49-34-36(33-43)50-42(48)29-25-21-20-23-27-37-38(40(46)32-39(37)45)31-30-35(44)26-22-6-4-2/h20,23,30-31,35-39,43-45H,3-19,21-22,24-29,32-34H2,1-2H3/b23-20-,31-30+/t35-,36-,37+,38+,39-/m0/s1. The lowest BCUT2D eigenvalue weighted by atomic mass is 9.90. The zero-order valence-electron chi connectivity index (χ0n) is 31.9. The lowest BCUT2D eigenvalue weighted by molar-refractivity contribution is -0.161. The largest absolute Gasteiger partial charge is 0.462 e. The number of aliphatic hydroxyl groups excluding tert-OH is 3. The number of esters is 2. The monoisotopic (exact) mass is 707 g/mol. The van der Waals surface area contributed by atoms with E-state index >= 15 is 0 Å². The van der Waals surface area contributed by atoms with E-state index in [1.165, 1.54) is 83.5 Å². The van der Waals surface area contributed by atoms with Gasteiger partial charge in [-0.05, 0) is 32.1 Å². The first kappa shape index (κ1) is 46.0. The lowest BCUT2D eigenvalue weighted by Gasteiger charge is -2.17. The molecule has 0 aromatic heterocycles. The van der Waals surface area contributed by atoms with E-state index in [4.69, 9.17) is 9.47 Å². The number of carbonyl (C=O) groups is 3. The van der Waals surface area contributed by atoms with Crippen LogP contribution in [0.1, 0.15) is 181 Å². The molecule has 1 rings (SSSR count). The van der Waals surface area contributed by atoms with Crippen LogP contribution in [0, 0.1) is 11.8 Å². The summed E-state index contributed by atoms with van der Waals surface area (Å²) >= 11 is 0. The molecule has 3 N–H and O–H groups in total. The Hall–Kier alpha value is -2.03. The first-order valence-corrected chi connectivity index (χ1v) is 20.5. The molecule has 0 aromatic carbocycles. The molecule has 0 radical (unpaired) electrons. The van der Waals surface area contributed by atoms with Crippen molar-refractivity contribution in [2.45, 2.75) is 199 Å². The van der Waals surface area contributed by atoms with E-state index in [1.807, 2.05) is 12.2 Å². The highest BCUT2D eigenvalue weighted by molar-refractivity contribution is 5.86. The van der Waals surface area contributed by atoms with Crippen molar-refractivity contribution < 1.29 is 39.2 Å². The van der Waals surface area contributed by atoms with E-state index < -0.39 is 36.8 Å². The first-order valence-electron chi connectivity index (χ1n) is 20.5. The molecule has 0 amide bonds. The summed E-state index contributed by atoms with van der Waals surface area (Å²) in [5.41, 5.74) is 0. The SMILES string of the molecule is CCCCCCCCCCCCCCCCCCC(=O)OC[C@H](CO)OC(=O)CCC/C=C\C[C@H]1[C@@H](O)CC(=O)[C@@H]1/C=C/[C@@H](O)CCCCC.